The molecule has 0 fully saturated rings. The molecule has 0 aliphatic carbocycles. The van der Waals surface area contributed by atoms with Gasteiger partial charge >= 0.3 is 0 Å². The third-order valence-corrected chi connectivity index (χ3v) is 12.6. The predicted molar refractivity (Wildman–Crippen MR) is 225 cm³/mol. The van der Waals surface area contributed by atoms with Crippen LogP contribution in [-0.4, -0.2) is 0 Å². The van der Waals surface area contributed by atoms with Gasteiger partial charge in [-0.15, -0.1) is 22.7 Å². The molecule has 0 unspecified atom stereocenters. The number of benzene rings is 8. The second kappa shape index (κ2) is 11.7. The molecule has 2 nitrogen and oxygen atoms in total. The summed E-state index contributed by atoms with van der Waals surface area (Å²) in [6, 6.07) is 63.6. The molecule has 0 radical (unpaired) electrons. The minimum atomic E-state index is 0.879. The van der Waals surface area contributed by atoms with E-state index in [0.29, 0.717) is 0 Å². The highest BCUT2D eigenvalue weighted by atomic mass is 32.1. The first-order chi connectivity index (χ1) is 25.8. The normalized spacial score (nSPS) is 11.8. The van der Waals surface area contributed by atoms with Gasteiger partial charge in [0.2, 0.25) is 0 Å². The second-order valence-electron chi connectivity index (χ2n) is 13.2. The Morgan fingerprint density at radius 2 is 1.00 bits per heavy atom. The second-order valence-corrected chi connectivity index (χ2v) is 15.3. The van der Waals surface area contributed by atoms with Crippen molar-refractivity contribution < 1.29 is 4.42 Å². The van der Waals surface area contributed by atoms with E-state index in [-0.39, 0.29) is 0 Å². The van der Waals surface area contributed by atoms with E-state index in [2.05, 4.69) is 181 Å². The number of hydrogen-bond acceptors (Lipinski definition) is 4. The molecule has 8 aromatic carbocycles. The third-order valence-electron chi connectivity index (χ3n) is 10.3. The molecule has 0 saturated carbocycles. The standard InChI is InChI=1S/C48H29NOS2/c1-3-14-30(15-4-1)32-27-29-43-45(37-20-9-12-25-42(37)51-43)46(32)49(39-22-13-21-35-34-18-8-11-24-41(34)52-48(35)39)38-28-26-33(31-16-5-2-6-17-31)47-44(38)36-19-7-10-23-40(36)50-47/h1-29H. The maximum absolute atomic E-state index is 6.87. The van der Waals surface area contributed by atoms with Gasteiger partial charge in [-0.1, -0.05) is 133 Å². The molecule has 0 atom stereocenters. The van der Waals surface area contributed by atoms with E-state index < -0.39 is 0 Å². The van der Waals surface area contributed by atoms with E-state index in [1.165, 1.54) is 57.2 Å². The van der Waals surface area contributed by atoms with Crippen molar-refractivity contribution in [2.45, 2.75) is 0 Å². The molecule has 244 valence electrons. The Balaban J connectivity index is 1.35. The van der Waals surface area contributed by atoms with Crippen LogP contribution in [0.5, 0.6) is 0 Å². The first kappa shape index (κ1) is 29.5. The van der Waals surface area contributed by atoms with Crippen molar-refractivity contribution in [2.24, 2.45) is 0 Å². The highest BCUT2D eigenvalue weighted by Gasteiger charge is 2.28. The SMILES string of the molecule is c1ccc(-c2ccc3sc4ccccc4c3c2N(c2cccc3c2sc2ccccc23)c2ccc(-c3ccccc3)c3oc4ccccc4c23)cc1. The van der Waals surface area contributed by atoms with Crippen molar-refractivity contribution in [2.75, 3.05) is 4.90 Å². The smallest absolute Gasteiger partial charge is 0.145 e. The van der Waals surface area contributed by atoms with Gasteiger partial charge in [0, 0.05) is 52.2 Å². The van der Waals surface area contributed by atoms with Crippen LogP contribution in [0.3, 0.4) is 0 Å². The molecular weight excluding hydrogens is 671 g/mol. The number of fused-ring (bicyclic) bond motifs is 9. The van der Waals surface area contributed by atoms with E-state index in [9.17, 15) is 0 Å². The summed E-state index contributed by atoms with van der Waals surface area (Å²) in [6.45, 7) is 0. The maximum atomic E-state index is 6.87. The van der Waals surface area contributed by atoms with E-state index in [0.717, 1.165) is 44.4 Å². The zero-order chi connectivity index (χ0) is 34.2. The van der Waals surface area contributed by atoms with Gasteiger partial charge in [-0.3, -0.25) is 0 Å². The van der Waals surface area contributed by atoms with Crippen molar-refractivity contribution in [3.05, 3.63) is 176 Å². The van der Waals surface area contributed by atoms with Crippen LogP contribution >= 0.6 is 22.7 Å². The Kier molecular flexibility index (Phi) is 6.63. The van der Waals surface area contributed by atoms with Crippen LogP contribution in [0.2, 0.25) is 0 Å². The molecule has 3 aromatic heterocycles. The average Bonchev–Trinajstić information content (AvgIpc) is 3.91. The van der Waals surface area contributed by atoms with Gasteiger partial charge in [0.05, 0.1) is 27.1 Å². The lowest BCUT2D eigenvalue weighted by molar-refractivity contribution is 0.670. The van der Waals surface area contributed by atoms with Gasteiger partial charge in [-0.2, -0.15) is 0 Å². The van der Waals surface area contributed by atoms with Crippen molar-refractivity contribution in [3.8, 4) is 22.3 Å². The summed E-state index contributed by atoms with van der Waals surface area (Å²) in [4.78, 5) is 2.56. The molecule has 0 amide bonds. The number of hydrogen-bond donors (Lipinski definition) is 0. The monoisotopic (exact) mass is 699 g/mol. The Hall–Kier alpha value is -6.20. The molecule has 0 spiro atoms. The Bertz CT molecular complexity index is 3130. The predicted octanol–water partition coefficient (Wildman–Crippen LogP) is 15.1. The van der Waals surface area contributed by atoms with Gasteiger partial charge < -0.3 is 9.32 Å². The zero-order valence-electron chi connectivity index (χ0n) is 27.9. The zero-order valence-corrected chi connectivity index (χ0v) is 29.5. The topological polar surface area (TPSA) is 16.4 Å². The Morgan fingerprint density at radius 3 is 1.79 bits per heavy atom. The number of thiophene rings is 2. The minimum absolute atomic E-state index is 0.879. The molecule has 11 rings (SSSR count). The summed E-state index contributed by atoms with van der Waals surface area (Å²) < 4.78 is 12.0. The van der Waals surface area contributed by atoms with Crippen LogP contribution in [0.1, 0.15) is 0 Å². The summed E-state index contributed by atoms with van der Waals surface area (Å²) in [5.41, 5.74) is 9.75. The molecule has 3 heterocycles. The van der Waals surface area contributed by atoms with E-state index in [1.807, 2.05) is 22.7 Å². The van der Waals surface area contributed by atoms with E-state index in [4.69, 9.17) is 4.42 Å². The van der Waals surface area contributed by atoms with Crippen molar-refractivity contribution in [1.29, 1.82) is 0 Å². The van der Waals surface area contributed by atoms with Gasteiger partial charge in [0.1, 0.15) is 11.2 Å². The molecule has 0 bridgehead atoms. The van der Waals surface area contributed by atoms with Crippen LogP contribution in [0.25, 0.3) is 84.5 Å². The number of anilines is 3. The fraction of sp³-hybridized carbons (Fsp3) is 0. The van der Waals surface area contributed by atoms with E-state index in [1.54, 1.807) is 0 Å². The van der Waals surface area contributed by atoms with Crippen molar-refractivity contribution in [1.82, 2.24) is 0 Å². The van der Waals surface area contributed by atoms with Crippen LogP contribution in [-0.2, 0) is 0 Å². The first-order valence-electron chi connectivity index (χ1n) is 17.5. The summed E-state index contributed by atoms with van der Waals surface area (Å²) in [5, 5.41) is 7.27. The number of nitrogens with zero attached hydrogens (tertiary/aromatic N) is 1. The molecular formula is C48H29NOS2. The molecule has 0 aliphatic heterocycles. The lowest BCUT2D eigenvalue weighted by Gasteiger charge is -2.30. The van der Waals surface area contributed by atoms with Crippen molar-refractivity contribution in [3.63, 3.8) is 0 Å². The van der Waals surface area contributed by atoms with E-state index >= 15 is 0 Å². The first-order valence-corrected chi connectivity index (χ1v) is 19.1. The maximum Gasteiger partial charge on any atom is 0.145 e. The fourth-order valence-electron chi connectivity index (χ4n) is 8.00. The van der Waals surface area contributed by atoms with Gasteiger partial charge in [-0.25, -0.2) is 0 Å². The number of rotatable bonds is 5. The summed E-state index contributed by atoms with van der Waals surface area (Å²) in [5.74, 6) is 0. The lowest BCUT2D eigenvalue weighted by atomic mass is 9.96. The third kappa shape index (κ3) is 4.42. The highest BCUT2D eigenvalue weighted by molar-refractivity contribution is 7.26. The largest absolute Gasteiger partial charge is 0.455 e. The summed E-state index contributed by atoms with van der Waals surface area (Å²) in [7, 11) is 0. The number of para-hydroxylation sites is 1. The Labute approximate surface area is 308 Å². The molecule has 0 N–H and O–H groups in total. The van der Waals surface area contributed by atoms with Crippen molar-refractivity contribution >= 4 is 102 Å². The van der Waals surface area contributed by atoms with Crippen LogP contribution in [0.15, 0.2) is 180 Å². The van der Waals surface area contributed by atoms with Crippen LogP contribution in [0, 0.1) is 0 Å². The van der Waals surface area contributed by atoms with Crippen LogP contribution in [0.4, 0.5) is 17.1 Å². The quantitative estimate of drug-likeness (QED) is 0.178. The molecule has 0 saturated heterocycles. The number of furan rings is 1. The molecule has 4 heteroatoms. The van der Waals surface area contributed by atoms with Crippen LogP contribution < -0.4 is 4.90 Å². The molecule has 0 aliphatic rings. The summed E-state index contributed by atoms with van der Waals surface area (Å²) >= 11 is 3.73. The highest BCUT2D eigenvalue weighted by Crippen LogP contribution is 2.54. The average molecular weight is 700 g/mol. The molecule has 11 aromatic rings. The fourth-order valence-corrected chi connectivity index (χ4v) is 10.3. The van der Waals surface area contributed by atoms with Gasteiger partial charge in [-0.05, 0) is 53.6 Å². The lowest BCUT2D eigenvalue weighted by Crippen LogP contribution is -2.12. The Morgan fingerprint density at radius 1 is 0.385 bits per heavy atom. The minimum Gasteiger partial charge on any atom is -0.455 e. The van der Waals surface area contributed by atoms with Gasteiger partial charge in [0.25, 0.3) is 0 Å². The van der Waals surface area contributed by atoms with Gasteiger partial charge in [0.15, 0.2) is 0 Å². The summed E-state index contributed by atoms with van der Waals surface area (Å²) in [6.07, 6.45) is 0. The molecule has 52 heavy (non-hydrogen) atoms.